The molecule has 0 aromatic heterocycles. The summed E-state index contributed by atoms with van der Waals surface area (Å²) in [6.07, 6.45) is 15.7. The van der Waals surface area contributed by atoms with Crippen molar-refractivity contribution < 1.29 is 0 Å². The summed E-state index contributed by atoms with van der Waals surface area (Å²) < 4.78 is 0. The van der Waals surface area contributed by atoms with Gasteiger partial charge in [0.1, 0.15) is 0 Å². The Bertz CT molecular complexity index is 805. The van der Waals surface area contributed by atoms with Gasteiger partial charge in [0.05, 0.1) is 11.4 Å². The summed E-state index contributed by atoms with van der Waals surface area (Å²) in [6, 6.07) is 0. The molecular formula is C24H34ClN5. The standard InChI is InChI=1S/C24H34ClN5/c1-5-19(3)7-10-24(30-15-13-27-14-16-30)23(6-2)29-18-20-8-9-21(17-22(20)25)28-12-11-26-4/h6-8,10-12,17,27,29H,4-5,9,13-16,18H2,1-3H3/b12-11-,19-7+,23-6+,24-10+,28-21?. The second kappa shape index (κ2) is 13.0. The highest BCUT2D eigenvalue weighted by atomic mass is 35.5. The summed E-state index contributed by atoms with van der Waals surface area (Å²) in [4.78, 5) is 10.4. The van der Waals surface area contributed by atoms with E-state index in [1.807, 2.05) is 6.08 Å². The summed E-state index contributed by atoms with van der Waals surface area (Å²) in [7, 11) is 0. The van der Waals surface area contributed by atoms with Crippen LogP contribution in [-0.2, 0) is 0 Å². The van der Waals surface area contributed by atoms with E-state index < -0.39 is 0 Å². The van der Waals surface area contributed by atoms with Crippen LogP contribution in [0.5, 0.6) is 0 Å². The number of halogens is 1. The van der Waals surface area contributed by atoms with Crippen molar-refractivity contribution in [2.45, 2.75) is 33.6 Å². The molecule has 30 heavy (non-hydrogen) atoms. The van der Waals surface area contributed by atoms with Gasteiger partial charge in [-0.2, -0.15) is 0 Å². The number of aliphatic imine (C=N–C) groups is 2. The van der Waals surface area contributed by atoms with Gasteiger partial charge in [-0.05, 0) is 44.7 Å². The van der Waals surface area contributed by atoms with Crippen LogP contribution in [0.15, 0.2) is 80.3 Å². The minimum atomic E-state index is 0.673. The Hall–Kier alpha value is -2.37. The average Bonchev–Trinajstić information content (AvgIpc) is 2.77. The van der Waals surface area contributed by atoms with Crippen LogP contribution in [0.25, 0.3) is 0 Å². The van der Waals surface area contributed by atoms with Crippen molar-refractivity contribution in [2.75, 3.05) is 32.7 Å². The third kappa shape index (κ3) is 7.47. The molecule has 0 radical (unpaired) electrons. The zero-order valence-corrected chi connectivity index (χ0v) is 19.2. The fourth-order valence-corrected chi connectivity index (χ4v) is 3.46. The fraction of sp³-hybridized carbons (Fsp3) is 0.417. The second-order valence-corrected chi connectivity index (χ2v) is 7.65. The highest BCUT2D eigenvalue weighted by Gasteiger charge is 2.17. The first-order chi connectivity index (χ1) is 14.6. The summed E-state index contributed by atoms with van der Waals surface area (Å²) in [6.45, 7) is 14.5. The minimum Gasteiger partial charge on any atom is -0.380 e. The van der Waals surface area contributed by atoms with Crippen molar-refractivity contribution >= 4 is 24.0 Å². The molecule has 6 heteroatoms. The van der Waals surface area contributed by atoms with Crippen molar-refractivity contribution in [3.8, 4) is 0 Å². The molecule has 2 aliphatic rings. The summed E-state index contributed by atoms with van der Waals surface area (Å²) in [5, 5.41) is 7.76. The minimum absolute atomic E-state index is 0.673. The number of hydrogen-bond donors (Lipinski definition) is 2. The normalized spacial score (nSPS) is 20.5. The first-order valence-corrected chi connectivity index (χ1v) is 10.9. The van der Waals surface area contributed by atoms with Gasteiger partial charge in [0.2, 0.25) is 0 Å². The van der Waals surface area contributed by atoms with Crippen molar-refractivity contribution in [2.24, 2.45) is 9.98 Å². The zero-order valence-electron chi connectivity index (χ0n) is 18.4. The van der Waals surface area contributed by atoms with E-state index in [9.17, 15) is 0 Å². The van der Waals surface area contributed by atoms with Gasteiger partial charge in [-0.3, -0.25) is 9.98 Å². The molecule has 1 saturated heterocycles. The second-order valence-electron chi connectivity index (χ2n) is 7.24. The lowest BCUT2D eigenvalue weighted by atomic mass is 10.0. The Morgan fingerprint density at radius 1 is 1.30 bits per heavy atom. The summed E-state index contributed by atoms with van der Waals surface area (Å²) in [5.74, 6) is 0. The van der Waals surface area contributed by atoms with Gasteiger partial charge in [-0.15, -0.1) is 0 Å². The number of nitrogens with one attached hydrogen (secondary N) is 2. The van der Waals surface area contributed by atoms with Crippen molar-refractivity contribution in [3.05, 3.63) is 70.4 Å². The van der Waals surface area contributed by atoms with E-state index in [4.69, 9.17) is 11.6 Å². The van der Waals surface area contributed by atoms with Gasteiger partial charge in [-0.1, -0.05) is 42.3 Å². The van der Waals surface area contributed by atoms with E-state index >= 15 is 0 Å². The maximum absolute atomic E-state index is 6.52. The van der Waals surface area contributed by atoms with Gasteiger partial charge in [0.25, 0.3) is 0 Å². The first-order valence-electron chi connectivity index (χ1n) is 10.6. The number of rotatable bonds is 9. The number of nitrogens with zero attached hydrogens (tertiary/aromatic N) is 3. The molecule has 1 aliphatic heterocycles. The molecule has 162 valence electrons. The van der Waals surface area contributed by atoms with E-state index in [2.05, 4.69) is 77.3 Å². The Kier molecular flexibility index (Phi) is 10.4. The fourth-order valence-electron chi connectivity index (χ4n) is 3.19. The molecule has 0 aromatic carbocycles. The number of allylic oxidation sites excluding steroid dienone is 6. The average molecular weight is 428 g/mol. The van der Waals surface area contributed by atoms with Crippen LogP contribution in [-0.4, -0.2) is 50.1 Å². The highest BCUT2D eigenvalue weighted by molar-refractivity contribution is 6.34. The van der Waals surface area contributed by atoms with E-state index in [0.29, 0.717) is 6.54 Å². The Morgan fingerprint density at radius 2 is 2.07 bits per heavy atom. The quantitative estimate of drug-likeness (QED) is 0.414. The highest BCUT2D eigenvalue weighted by Crippen LogP contribution is 2.22. The van der Waals surface area contributed by atoms with Gasteiger partial charge >= 0.3 is 0 Å². The molecule has 1 aliphatic carbocycles. The van der Waals surface area contributed by atoms with Crippen LogP contribution >= 0.6 is 11.6 Å². The molecule has 0 saturated carbocycles. The van der Waals surface area contributed by atoms with Crippen molar-refractivity contribution in [1.82, 2.24) is 15.5 Å². The lowest BCUT2D eigenvalue weighted by Crippen LogP contribution is -2.44. The predicted octanol–water partition coefficient (Wildman–Crippen LogP) is 4.69. The maximum atomic E-state index is 6.52. The van der Waals surface area contributed by atoms with Crippen molar-refractivity contribution in [1.29, 1.82) is 0 Å². The zero-order chi connectivity index (χ0) is 21.8. The Morgan fingerprint density at radius 3 is 2.70 bits per heavy atom. The number of piperazine rings is 1. The molecule has 0 unspecified atom stereocenters. The molecule has 0 amide bonds. The molecule has 0 aromatic rings. The summed E-state index contributed by atoms with van der Waals surface area (Å²) in [5.41, 5.74) is 5.72. The lowest BCUT2D eigenvalue weighted by Gasteiger charge is -2.33. The third-order valence-electron chi connectivity index (χ3n) is 5.15. The molecule has 0 bridgehead atoms. The molecule has 1 heterocycles. The van der Waals surface area contributed by atoms with E-state index in [0.717, 1.165) is 61.0 Å². The molecule has 2 N–H and O–H groups in total. The molecule has 0 spiro atoms. The Balaban J connectivity index is 2.12. The van der Waals surface area contributed by atoms with Gasteiger partial charge in [-0.25, -0.2) is 0 Å². The van der Waals surface area contributed by atoms with E-state index in [1.54, 1.807) is 12.4 Å². The predicted molar refractivity (Wildman–Crippen MR) is 131 cm³/mol. The van der Waals surface area contributed by atoms with Crippen LogP contribution in [0.2, 0.25) is 0 Å². The Labute approximate surface area is 186 Å². The van der Waals surface area contributed by atoms with E-state index in [-0.39, 0.29) is 0 Å². The summed E-state index contributed by atoms with van der Waals surface area (Å²) >= 11 is 6.52. The third-order valence-corrected chi connectivity index (χ3v) is 5.50. The molecule has 2 rings (SSSR count). The molecule has 1 fully saturated rings. The lowest BCUT2D eigenvalue weighted by molar-refractivity contribution is 0.301. The van der Waals surface area contributed by atoms with E-state index in [1.165, 1.54) is 11.3 Å². The molecule has 0 atom stereocenters. The SMILES string of the molecule is C=N/C=C\N=C1C=C(Cl)C(CNC(=C/C)/C(=C\C=C(/C)CC)N2CCNCC2)=CC1. The maximum Gasteiger partial charge on any atom is 0.0599 e. The van der Waals surface area contributed by atoms with Crippen LogP contribution in [0.1, 0.15) is 33.6 Å². The van der Waals surface area contributed by atoms with Gasteiger partial charge < -0.3 is 15.5 Å². The topological polar surface area (TPSA) is 52.0 Å². The smallest absolute Gasteiger partial charge is 0.0599 e. The monoisotopic (exact) mass is 427 g/mol. The van der Waals surface area contributed by atoms with Crippen molar-refractivity contribution in [3.63, 3.8) is 0 Å². The van der Waals surface area contributed by atoms with Crippen LogP contribution in [0, 0.1) is 0 Å². The van der Waals surface area contributed by atoms with Crippen LogP contribution in [0.4, 0.5) is 0 Å². The largest absolute Gasteiger partial charge is 0.380 e. The van der Waals surface area contributed by atoms with Crippen LogP contribution in [0.3, 0.4) is 0 Å². The molecular weight excluding hydrogens is 394 g/mol. The first kappa shape index (κ1) is 23.9. The number of hydrogen-bond acceptors (Lipinski definition) is 5. The van der Waals surface area contributed by atoms with Gasteiger partial charge in [0.15, 0.2) is 0 Å². The van der Waals surface area contributed by atoms with Crippen LogP contribution < -0.4 is 10.6 Å². The molecule has 5 nitrogen and oxygen atoms in total. The van der Waals surface area contributed by atoms with Gasteiger partial charge in [0, 0.05) is 62.3 Å².